The number of fused-ring (bicyclic) bond motifs is 2. The fourth-order valence-electron chi connectivity index (χ4n) is 5.51. The Bertz CT molecular complexity index is 1890. The lowest BCUT2D eigenvalue weighted by molar-refractivity contribution is -0.134. The van der Waals surface area contributed by atoms with Crippen molar-refractivity contribution < 1.29 is 19.1 Å². The summed E-state index contributed by atoms with van der Waals surface area (Å²) in [4.78, 5) is 42.3. The largest absolute Gasteiger partial charge is 0.372 e. The second kappa shape index (κ2) is 10.7. The van der Waals surface area contributed by atoms with Gasteiger partial charge in [0.25, 0.3) is 11.5 Å². The van der Waals surface area contributed by atoms with Crippen LogP contribution >= 0.6 is 0 Å². The molecule has 13 heteroatoms. The quantitative estimate of drug-likeness (QED) is 0.215. The van der Waals surface area contributed by atoms with E-state index in [1.54, 1.807) is 67.8 Å². The van der Waals surface area contributed by atoms with E-state index in [4.69, 9.17) is 5.73 Å². The van der Waals surface area contributed by atoms with Crippen LogP contribution in [0.1, 0.15) is 22.5 Å². The fourth-order valence-corrected chi connectivity index (χ4v) is 5.51. The predicted molar refractivity (Wildman–Crippen MR) is 153 cm³/mol. The molecule has 12 nitrogen and oxygen atoms in total. The van der Waals surface area contributed by atoms with Crippen LogP contribution in [0.4, 0.5) is 10.1 Å². The number of halogens is 1. The fraction of sp³-hybridized carbons (Fsp3) is 0.241. The van der Waals surface area contributed by atoms with E-state index < -0.39 is 30.3 Å². The number of amides is 2. The van der Waals surface area contributed by atoms with Crippen molar-refractivity contribution in [1.82, 2.24) is 29.9 Å². The Morgan fingerprint density at radius 1 is 1.17 bits per heavy atom. The number of para-hydroxylation sites is 1. The van der Waals surface area contributed by atoms with Crippen molar-refractivity contribution in [2.24, 2.45) is 5.73 Å². The molecular weight excluding hydrogens is 543 g/mol. The van der Waals surface area contributed by atoms with E-state index in [2.05, 4.69) is 25.6 Å². The highest BCUT2D eigenvalue weighted by molar-refractivity contribution is 6.05. The van der Waals surface area contributed by atoms with E-state index in [1.165, 1.54) is 9.58 Å². The molecule has 1 fully saturated rings. The van der Waals surface area contributed by atoms with Gasteiger partial charge in [-0.25, -0.2) is 4.39 Å². The molecule has 0 spiro atoms. The van der Waals surface area contributed by atoms with Gasteiger partial charge in [0, 0.05) is 28.3 Å². The average molecular weight is 571 g/mol. The van der Waals surface area contributed by atoms with Crippen molar-refractivity contribution >= 4 is 39.3 Å². The molecule has 42 heavy (non-hydrogen) atoms. The van der Waals surface area contributed by atoms with E-state index in [1.807, 2.05) is 0 Å². The average Bonchev–Trinajstić information content (AvgIpc) is 3.56. The predicted octanol–water partition coefficient (Wildman–Crippen LogP) is 2.11. The van der Waals surface area contributed by atoms with Crippen LogP contribution < -0.4 is 16.6 Å². The number of aromatic amines is 1. The molecule has 2 aromatic carbocycles. The number of alkyl halides is 1. The van der Waals surface area contributed by atoms with Gasteiger partial charge in [-0.15, -0.1) is 0 Å². The third kappa shape index (κ3) is 4.83. The molecule has 5 N–H and O–H groups in total. The standard InChI is InChI=1S/C29H27FN8O4/c1-15-25(19-4-2-3-5-21(19)34-28(15)41)35-29(42)23-11-18(30)13-37(23)24(39)14-38-22-7-6-16(17-8-9-32-33-12-17)10-20(22)26(36-38)27(31)40/h2-10,12,18,23,29,42H,11,13-14H2,1H3,(H2,31,40)(H2,34,35,41). The van der Waals surface area contributed by atoms with Crippen molar-refractivity contribution in [1.29, 1.82) is 0 Å². The summed E-state index contributed by atoms with van der Waals surface area (Å²) in [6, 6.07) is 13.2. The number of likely N-dealkylation sites (tertiary alicyclic amines) is 1. The van der Waals surface area contributed by atoms with E-state index in [-0.39, 0.29) is 30.8 Å². The first kappa shape index (κ1) is 27.0. The van der Waals surface area contributed by atoms with Crippen LogP contribution in [0.3, 0.4) is 0 Å². The van der Waals surface area contributed by atoms with Crippen LogP contribution in [0.5, 0.6) is 0 Å². The van der Waals surface area contributed by atoms with Crippen LogP contribution in [-0.2, 0) is 11.3 Å². The molecule has 1 saturated heterocycles. The molecule has 5 aromatic rings. The Morgan fingerprint density at radius 3 is 2.74 bits per heavy atom. The van der Waals surface area contributed by atoms with Gasteiger partial charge in [-0.1, -0.05) is 24.3 Å². The molecule has 1 aliphatic rings. The molecule has 0 saturated carbocycles. The monoisotopic (exact) mass is 570 g/mol. The molecular formula is C29H27FN8O4. The van der Waals surface area contributed by atoms with Crippen LogP contribution in [0, 0.1) is 6.92 Å². The lowest BCUT2D eigenvalue weighted by atomic mass is 10.0. The Labute approximate surface area is 238 Å². The van der Waals surface area contributed by atoms with Gasteiger partial charge in [-0.2, -0.15) is 15.3 Å². The topological polar surface area (TPSA) is 172 Å². The maximum absolute atomic E-state index is 14.7. The number of rotatable bonds is 7. The van der Waals surface area contributed by atoms with Gasteiger partial charge in [0.2, 0.25) is 5.91 Å². The van der Waals surface area contributed by atoms with Gasteiger partial charge in [-0.3, -0.25) is 19.1 Å². The summed E-state index contributed by atoms with van der Waals surface area (Å²) in [6.45, 7) is 1.08. The van der Waals surface area contributed by atoms with Crippen molar-refractivity contribution in [2.75, 3.05) is 11.9 Å². The number of primary amides is 1. The van der Waals surface area contributed by atoms with Crippen LogP contribution in [-0.4, -0.2) is 71.8 Å². The minimum Gasteiger partial charge on any atom is -0.372 e. The van der Waals surface area contributed by atoms with Gasteiger partial charge in [-0.05, 0) is 36.8 Å². The summed E-state index contributed by atoms with van der Waals surface area (Å²) in [6.07, 6.45) is 0.292. The Balaban J connectivity index is 1.28. The summed E-state index contributed by atoms with van der Waals surface area (Å²) in [5.41, 5.74) is 8.60. The SMILES string of the molecule is Cc1c(NC(O)C2CC(F)CN2C(=O)Cn2nc(C(N)=O)c3cc(-c4ccnnc4)ccc32)c2ccccc2[nH]c1=O. The van der Waals surface area contributed by atoms with E-state index in [0.717, 1.165) is 11.1 Å². The molecule has 2 amide bonds. The lowest BCUT2D eigenvalue weighted by Crippen LogP contribution is -2.47. The number of nitrogens with two attached hydrogens (primary N) is 1. The van der Waals surface area contributed by atoms with E-state index >= 15 is 0 Å². The van der Waals surface area contributed by atoms with Crippen LogP contribution in [0.25, 0.3) is 32.9 Å². The number of benzene rings is 2. The molecule has 4 heterocycles. The Morgan fingerprint density at radius 2 is 1.98 bits per heavy atom. The second-order valence-electron chi connectivity index (χ2n) is 10.3. The number of nitrogens with zero attached hydrogens (tertiary/aromatic N) is 5. The molecule has 214 valence electrons. The first-order valence-electron chi connectivity index (χ1n) is 13.3. The first-order chi connectivity index (χ1) is 20.2. The van der Waals surface area contributed by atoms with Crippen molar-refractivity contribution in [3.05, 3.63) is 82.5 Å². The molecule has 6 rings (SSSR count). The number of aliphatic hydroxyl groups is 1. The van der Waals surface area contributed by atoms with Crippen LogP contribution in [0.15, 0.2) is 65.7 Å². The molecule has 0 bridgehead atoms. The highest BCUT2D eigenvalue weighted by atomic mass is 19.1. The third-order valence-corrected chi connectivity index (χ3v) is 7.62. The van der Waals surface area contributed by atoms with Crippen molar-refractivity contribution in [2.45, 2.75) is 38.3 Å². The number of carbonyl (C=O) groups is 2. The third-order valence-electron chi connectivity index (χ3n) is 7.62. The van der Waals surface area contributed by atoms with Gasteiger partial charge in [0.05, 0.1) is 41.7 Å². The van der Waals surface area contributed by atoms with E-state index in [0.29, 0.717) is 33.1 Å². The molecule has 0 aliphatic carbocycles. The number of H-pyrrole nitrogens is 1. The van der Waals surface area contributed by atoms with Crippen molar-refractivity contribution in [3.8, 4) is 11.1 Å². The van der Waals surface area contributed by atoms with Gasteiger partial charge >= 0.3 is 0 Å². The minimum absolute atomic E-state index is 0.0126. The van der Waals surface area contributed by atoms with Gasteiger partial charge in [0.1, 0.15) is 18.9 Å². The second-order valence-corrected chi connectivity index (χ2v) is 10.3. The number of aliphatic hydroxyl groups excluding tert-OH is 1. The highest BCUT2D eigenvalue weighted by Crippen LogP contribution is 2.30. The Kier molecular flexibility index (Phi) is 6.86. The zero-order valence-electron chi connectivity index (χ0n) is 22.5. The summed E-state index contributed by atoms with van der Waals surface area (Å²) >= 11 is 0. The normalized spacial score (nSPS) is 17.5. The van der Waals surface area contributed by atoms with Gasteiger partial charge < -0.3 is 26.0 Å². The molecule has 1 aliphatic heterocycles. The smallest absolute Gasteiger partial charge is 0.269 e. The molecule has 3 atom stereocenters. The van der Waals surface area contributed by atoms with Crippen LogP contribution in [0.2, 0.25) is 0 Å². The first-order valence-corrected chi connectivity index (χ1v) is 13.3. The number of hydrogen-bond acceptors (Lipinski definition) is 8. The Hall–Kier alpha value is -5.17. The lowest BCUT2D eigenvalue weighted by Gasteiger charge is -2.30. The number of anilines is 1. The summed E-state index contributed by atoms with van der Waals surface area (Å²) in [5.74, 6) is -1.27. The summed E-state index contributed by atoms with van der Waals surface area (Å²) in [7, 11) is 0. The maximum atomic E-state index is 14.7. The highest BCUT2D eigenvalue weighted by Gasteiger charge is 2.40. The summed E-state index contributed by atoms with van der Waals surface area (Å²) < 4.78 is 16.1. The number of carbonyl (C=O) groups excluding carboxylic acids is 2. The maximum Gasteiger partial charge on any atom is 0.269 e. The number of pyridine rings is 1. The number of nitrogens with one attached hydrogen (secondary N) is 2. The molecule has 0 radical (unpaired) electrons. The van der Waals surface area contributed by atoms with Crippen molar-refractivity contribution in [3.63, 3.8) is 0 Å². The zero-order chi connectivity index (χ0) is 29.5. The minimum atomic E-state index is -1.37. The zero-order valence-corrected chi connectivity index (χ0v) is 22.5. The number of hydrogen-bond donors (Lipinski definition) is 4. The summed E-state index contributed by atoms with van der Waals surface area (Å²) in [5, 5.41) is 27.2. The van der Waals surface area contributed by atoms with E-state index in [9.17, 15) is 23.9 Å². The number of aromatic nitrogens is 5. The van der Waals surface area contributed by atoms with Gasteiger partial charge in [0.15, 0.2) is 5.69 Å². The molecule has 3 aromatic heterocycles. The molecule has 3 unspecified atom stereocenters.